The van der Waals surface area contributed by atoms with Crippen LogP contribution in [0.1, 0.15) is 31.1 Å². The van der Waals surface area contributed by atoms with Gasteiger partial charge in [0.2, 0.25) is 5.88 Å². The summed E-state index contributed by atoms with van der Waals surface area (Å²) >= 11 is 0. The summed E-state index contributed by atoms with van der Waals surface area (Å²) in [5.41, 5.74) is 0.576. The van der Waals surface area contributed by atoms with Gasteiger partial charge in [-0.15, -0.1) is 0 Å². The molecule has 0 aliphatic carbocycles. The molecular weight excluding hydrogens is 360 g/mol. The predicted molar refractivity (Wildman–Crippen MR) is 99.4 cm³/mol. The molecular formula is C20H20N4O4. The van der Waals surface area contributed by atoms with E-state index in [-0.39, 0.29) is 30.3 Å². The van der Waals surface area contributed by atoms with Crippen molar-refractivity contribution in [2.45, 2.75) is 25.3 Å². The van der Waals surface area contributed by atoms with E-state index in [0.717, 1.165) is 19.3 Å². The number of likely N-dealkylation sites (tertiary alicyclic amines) is 1. The Labute approximate surface area is 161 Å². The number of carbonyl (C=O) groups is 1. The number of rotatable bonds is 5. The highest BCUT2D eigenvalue weighted by Gasteiger charge is 2.31. The number of pyridine rings is 1. The van der Waals surface area contributed by atoms with Gasteiger partial charge in [0.15, 0.2) is 12.4 Å². The topological polar surface area (TPSA) is 102 Å². The van der Waals surface area contributed by atoms with E-state index in [9.17, 15) is 9.90 Å². The number of ether oxygens (including phenoxy) is 1. The minimum absolute atomic E-state index is 0.0382. The molecule has 28 heavy (non-hydrogen) atoms. The zero-order chi connectivity index (χ0) is 19.3. The van der Waals surface area contributed by atoms with Gasteiger partial charge in [-0.05, 0) is 37.5 Å². The number of piperidine rings is 1. The van der Waals surface area contributed by atoms with Crippen LogP contribution in [-0.2, 0) is 4.79 Å². The number of carbonyl (C=O) groups excluding carboxylic acids is 1. The highest BCUT2D eigenvalue weighted by molar-refractivity contribution is 5.78. The van der Waals surface area contributed by atoms with Crippen LogP contribution < -0.4 is 4.74 Å². The minimum atomic E-state index is -0.256. The first-order chi connectivity index (χ1) is 13.7. The van der Waals surface area contributed by atoms with E-state index in [4.69, 9.17) is 9.26 Å². The van der Waals surface area contributed by atoms with Crippen molar-refractivity contribution in [2.24, 2.45) is 0 Å². The summed E-state index contributed by atoms with van der Waals surface area (Å²) in [5, 5.41) is 13.6. The van der Waals surface area contributed by atoms with E-state index in [1.807, 2.05) is 30.3 Å². The third-order valence-electron chi connectivity index (χ3n) is 4.66. The normalized spacial score (nSPS) is 16.7. The molecule has 3 heterocycles. The zero-order valence-electron chi connectivity index (χ0n) is 15.2. The predicted octanol–water partition coefficient (Wildman–Crippen LogP) is 2.97. The molecule has 1 aliphatic heterocycles. The van der Waals surface area contributed by atoms with E-state index in [0.29, 0.717) is 23.7 Å². The smallest absolute Gasteiger partial charge is 0.261 e. The molecule has 8 heteroatoms. The zero-order valence-corrected chi connectivity index (χ0v) is 15.2. The second kappa shape index (κ2) is 8.08. The Balaban J connectivity index is 1.48. The van der Waals surface area contributed by atoms with Crippen LogP contribution in [0.25, 0.3) is 11.5 Å². The summed E-state index contributed by atoms with van der Waals surface area (Å²) in [5.74, 6) is 1.17. The van der Waals surface area contributed by atoms with Gasteiger partial charge >= 0.3 is 0 Å². The third-order valence-corrected chi connectivity index (χ3v) is 4.66. The average molecular weight is 380 g/mol. The average Bonchev–Trinajstić information content (AvgIpc) is 3.23. The Morgan fingerprint density at radius 3 is 2.93 bits per heavy atom. The third kappa shape index (κ3) is 3.95. The molecule has 1 aromatic carbocycles. The molecule has 0 spiro atoms. The molecule has 4 rings (SSSR count). The number of hydrogen-bond donors (Lipinski definition) is 1. The van der Waals surface area contributed by atoms with E-state index in [1.54, 1.807) is 11.0 Å². The van der Waals surface area contributed by atoms with Crippen LogP contribution in [0.3, 0.4) is 0 Å². The first kappa shape index (κ1) is 18.0. The maximum Gasteiger partial charge on any atom is 0.261 e. The second-order valence-corrected chi connectivity index (χ2v) is 6.56. The molecule has 1 atom stereocenters. The number of para-hydroxylation sites is 1. The highest BCUT2D eigenvalue weighted by Crippen LogP contribution is 2.31. The van der Waals surface area contributed by atoms with Gasteiger partial charge in [-0.25, -0.2) is 4.98 Å². The monoisotopic (exact) mass is 380 g/mol. The van der Waals surface area contributed by atoms with Crippen LogP contribution in [0.5, 0.6) is 11.6 Å². The maximum atomic E-state index is 12.8. The number of aromatic nitrogens is 3. The fourth-order valence-electron chi connectivity index (χ4n) is 3.28. The van der Waals surface area contributed by atoms with Crippen LogP contribution in [0, 0.1) is 0 Å². The van der Waals surface area contributed by atoms with Gasteiger partial charge < -0.3 is 19.3 Å². The summed E-state index contributed by atoms with van der Waals surface area (Å²) in [6.07, 6.45) is 4.13. The van der Waals surface area contributed by atoms with E-state index >= 15 is 0 Å². The van der Waals surface area contributed by atoms with Crippen molar-refractivity contribution in [2.75, 3.05) is 13.2 Å². The van der Waals surface area contributed by atoms with Gasteiger partial charge in [-0.1, -0.05) is 23.4 Å². The Morgan fingerprint density at radius 1 is 1.25 bits per heavy atom. The molecule has 8 nitrogen and oxygen atoms in total. The lowest BCUT2D eigenvalue weighted by atomic mass is 10.0. The Morgan fingerprint density at radius 2 is 2.11 bits per heavy atom. The number of nitrogens with zero attached hydrogens (tertiary/aromatic N) is 4. The van der Waals surface area contributed by atoms with Crippen LogP contribution in [0.2, 0.25) is 0 Å². The van der Waals surface area contributed by atoms with Gasteiger partial charge in [-0.3, -0.25) is 4.79 Å². The molecule has 0 bridgehead atoms. The quantitative estimate of drug-likeness (QED) is 0.726. The van der Waals surface area contributed by atoms with Crippen molar-refractivity contribution in [3.8, 4) is 23.1 Å². The Bertz CT molecular complexity index is 944. The molecule has 1 aliphatic rings. The lowest BCUT2D eigenvalue weighted by molar-refractivity contribution is -0.137. The van der Waals surface area contributed by atoms with Crippen molar-refractivity contribution < 1.29 is 19.2 Å². The molecule has 1 unspecified atom stereocenters. The molecule has 0 radical (unpaired) electrons. The summed E-state index contributed by atoms with van der Waals surface area (Å²) in [4.78, 5) is 22.7. The lowest BCUT2D eigenvalue weighted by Gasteiger charge is -2.33. The lowest BCUT2D eigenvalue weighted by Crippen LogP contribution is -2.41. The van der Waals surface area contributed by atoms with Crippen LogP contribution >= 0.6 is 0 Å². The van der Waals surface area contributed by atoms with E-state index in [2.05, 4.69) is 15.1 Å². The number of benzene rings is 1. The Hall–Kier alpha value is -3.42. The largest absolute Gasteiger partial charge is 0.493 e. The van der Waals surface area contributed by atoms with Crippen molar-refractivity contribution in [1.29, 1.82) is 0 Å². The summed E-state index contributed by atoms with van der Waals surface area (Å²) < 4.78 is 10.9. The molecule has 1 N–H and O–H groups in total. The molecule has 1 amide bonds. The fraction of sp³-hybridized carbons (Fsp3) is 0.300. The molecule has 144 valence electrons. The second-order valence-electron chi connectivity index (χ2n) is 6.56. The van der Waals surface area contributed by atoms with Gasteiger partial charge in [-0.2, -0.15) is 4.98 Å². The minimum Gasteiger partial charge on any atom is -0.493 e. The Kier molecular flexibility index (Phi) is 5.18. The molecule has 1 fully saturated rings. The van der Waals surface area contributed by atoms with Crippen molar-refractivity contribution in [3.63, 3.8) is 0 Å². The van der Waals surface area contributed by atoms with Gasteiger partial charge in [0.05, 0.1) is 6.04 Å². The number of aromatic hydroxyl groups is 1. The van der Waals surface area contributed by atoms with Gasteiger partial charge in [0.25, 0.3) is 11.8 Å². The molecule has 3 aromatic rings. The van der Waals surface area contributed by atoms with Crippen LogP contribution in [0.15, 0.2) is 53.2 Å². The SMILES string of the molecule is O=C(COc1ccccc1)N1CCCCC1c1noc(-c2ccnc(O)c2)n1. The first-order valence-electron chi connectivity index (χ1n) is 9.17. The van der Waals surface area contributed by atoms with E-state index < -0.39 is 0 Å². The standard InChI is InChI=1S/C20H20N4O4/c25-17-12-14(9-10-21-17)20-22-19(23-28-20)16-8-4-5-11-24(16)18(26)13-27-15-6-2-1-3-7-15/h1-3,6-7,9-10,12,16H,4-5,8,11,13H2,(H,21,25). The van der Waals surface area contributed by atoms with Crippen LogP contribution in [-0.4, -0.2) is 44.2 Å². The summed E-state index contributed by atoms with van der Waals surface area (Å²) in [7, 11) is 0. The van der Waals surface area contributed by atoms with Crippen molar-refractivity contribution in [3.05, 3.63) is 54.5 Å². The summed E-state index contributed by atoms with van der Waals surface area (Å²) in [6, 6.07) is 12.1. The van der Waals surface area contributed by atoms with Crippen molar-refractivity contribution >= 4 is 5.91 Å². The van der Waals surface area contributed by atoms with Crippen molar-refractivity contribution in [1.82, 2.24) is 20.0 Å². The van der Waals surface area contributed by atoms with Gasteiger partial charge in [0.1, 0.15) is 5.75 Å². The number of amides is 1. The fourth-order valence-corrected chi connectivity index (χ4v) is 3.28. The van der Waals surface area contributed by atoms with Crippen LogP contribution in [0.4, 0.5) is 0 Å². The molecule has 2 aromatic heterocycles. The maximum absolute atomic E-state index is 12.8. The molecule has 1 saturated heterocycles. The summed E-state index contributed by atoms with van der Waals surface area (Å²) in [6.45, 7) is 0.588. The molecule has 0 saturated carbocycles. The number of hydrogen-bond acceptors (Lipinski definition) is 7. The first-order valence-corrected chi connectivity index (χ1v) is 9.17. The van der Waals surface area contributed by atoms with Gasteiger partial charge in [0, 0.05) is 24.4 Å². The van der Waals surface area contributed by atoms with E-state index in [1.165, 1.54) is 12.3 Å². The highest BCUT2D eigenvalue weighted by atomic mass is 16.5.